The number of carboxylic acids is 1. The van der Waals surface area contributed by atoms with Crippen molar-refractivity contribution in [3.8, 4) is 11.1 Å². The first-order chi connectivity index (χ1) is 18.8. The van der Waals surface area contributed by atoms with Gasteiger partial charge in [0.2, 0.25) is 11.8 Å². The molecule has 10 heteroatoms. The molecule has 0 spiro atoms. The monoisotopic (exact) mass is 556 g/mol. The van der Waals surface area contributed by atoms with Gasteiger partial charge < -0.3 is 20.6 Å². The molecule has 5 N–H and O–H groups in total. The van der Waals surface area contributed by atoms with Gasteiger partial charge in [0.25, 0.3) is 0 Å². The first-order valence-corrected chi connectivity index (χ1v) is 14.6. The lowest BCUT2D eigenvalue weighted by molar-refractivity contribution is -0.137. The van der Waals surface area contributed by atoms with Gasteiger partial charge in [-0.3, -0.25) is 19.7 Å². The number of unbranched alkanes of at least 4 members (excludes halogenated alkanes) is 2. The first-order valence-electron chi connectivity index (χ1n) is 13.5. The summed E-state index contributed by atoms with van der Waals surface area (Å²) in [5, 5.41) is 17.5. The number of hydrogen-bond acceptors (Lipinski definition) is 7. The van der Waals surface area contributed by atoms with Crippen molar-refractivity contribution in [2.24, 2.45) is 0 Å². The Morgan fingerprint density at radius 2 is 1.54 bits per heavy atom. The van der Waals surface area contributed by atoms with Crippen LogP contribution in [0.15, 0.2) is 48.5 Å². The van der Waals surface area contributed by atoms with Crippen LogP contribution in [0.4, 0.5) is 0 Å². The van der Waals surface area contributed by atoms with Gasteiger partial charge in [-0.25, -0.2) is 0 Å². The molecule has 0 aliphatic heterocycles. The topological polar surface area (TPSA) is 129 Å². The largest absolute Gasteiger partial charge is 0.481 e. The summed E-state index contributed by atoms with van der Waals surface area (Å²) in [6.07, 6.45) is 2.24. The van der Waals surface area contributed by atoms with Crippen LogP contribution in [0.1, 0.15) is 63.5 Å². The van der Waals surface area contributed by atoms with E-state index in [9.17, 15) is 14.4 Å². The fourth-order valence-electron chi connectivity index (χ4n) is 4.58. The average Bonchev–Trinajstić information content (AvgIpc) is 3.23. The second-order valence-corrected chi connectivity index (χ2v) is 10.9. The van der Waals surface area contributed by atoms with Crippen molar-refractivity contribution in [3.05, 3.63) is 59.7 Å². The summed E-state index contributed by atoms with van der Waals surface area (Å²) < 4.78 is 0. The normalized spacial score (nSPS) is 14.6. The molecule has 2 amide bonds. The van der Waals surface area contributed by atoms with Crippen LogP contribution in [0.25, 0.3) is 11.1 Å². The van der Waals surface area contributed by atoms with Crippen molar-refractivity contribution in [1.82, 2.24) is 21.4 Å². The molecule has 3 unspecified atom stereocenters. The van der Waals surface area contributed by atoms with Gasteiger partial charge in [-0.05, 0) is 61.6 Å². The maximum Gasteiger partial charge on any atom is 0.303 e. The molecule has 2 aromatic rings. The molecule has 0 bridgehead atoms. The predicted octanol–water partition coefficient (Wildman–Crippen LogP) is 3.60. The molecule has 0 aromatic heterocycles. The van der Waals surface area contributed by atoms with Gasteiger partial charge in [0.15, 0.2) is 0 Å². The van der Waals surface area contributed by atoms with Crippen molar-refractivity contribution < 1.29 is 24.3 Å². The molecule has 0 saturated heterocycles. The highest BCUT2D eigenvalue weighted by molar-refractivity contribution is 7.99. The lowest BCUT2D eigenvalue weighted by Gasteiger charge is -2.23. The molecular formula is C29H40N4O5S. The highest BCUT2D eigenvalue weighted by atomic mass is 32.2. The van der Waals surface area contributed by atoms with Crippen LogP contribution in [0.5, 0.6) is 0 Å². The number of fused-ring (bicyclic) bond motifs is 3. The van der Waals surface area contributed by atoms with E-state index in [0.717, 1.165) is 18.6 Å². The maximum atomic E-state index is 12.7. The predicted molar refractivity (Wildman–Crippen MR) is 154 cm³/mol. The molecule has 0 fully saturated rings. The number of thioether (sulfide) groups is 1. The van der Waals surface area contributed by atoms with Gasteiger partial charge in [0.1, 0.15) is 6.04 Å². The van der Waals surface area contributed by atoms with E-state index in [1.54, 1.807) is 32.5 Å². The number of aliphatic carboxylic acids is 1. The molecule has 1 aliphatic carbocycles. The minimum absolute atomic E-state index is 0.0928. The summed E-state index contributed by atoms with van der Waals surface area (Å²) in [4.78, 5) is 41.3. The van der Waals surface area contributed by atoms with E-state index in [2.05, 4.69) is 45.7 Å². The van der Waals surface area contributed by atoms with Gasteiger partial charge in [0.05, 0.1) is 24.7 Å². The number of nitrogens with one attached hydrogen (secondary N) is 4. The number of rotatable bonds is 17. The second kappa shape index (κ2) is 15.6. The molecule has 212 valence electrons. The fraction of sp³-hybridized carbons (Fsp3) is 0.483. The molecule has 1 aliphatic rings. The Hall–Kier alpha value is -2.92. The Labute approximate surface area is 234 Å². The Morgan fingerprint density at radius 1 is 0.897 bits per heavy atom. The third-order valence-electron chi connectivity index (χ3n) is 6.65. The van der Waals surface area contributed by atoms with Crippen LogP contribution in [-0.2, 0) is 19.2 Å². The summed E-state index contributed by atoms with van der Waals surface area (Å²) in [5.74, 6) is 0.280. The summed E-state index contributed by atoms with van der Waals surface area (Å²) >= 11 is 1.60. The molecule has 0 heterocycles. The highest BCUT2D eigenvalue weighted by Gasteiger charge is 2.28. The van der Waals surface area contributed by atoms with Gasteiger partial charge in [-0.2, -0.15) is 5.48 Å². The Kier molecular flexibility index (Phi) is 12.3. The summed E-state index contributed by atoms with van der Waals surface area (Å²) in [7, 11) is 0. The molecule has 3 atom stereocenters. The summed E-state index contributed by atoms with van der Waals surface area (Å²) in [5.41, 5.74) is 7.74. The minimum Gasteiger partial charge on any atom is -0.481 e. The van der Waals surface area contributed by atoms with Crippen LogP contribution in [-0.4, -0.2) is 59.4 Å². The average molecular weight is 557 g/mol. The number of carboxylic acid groups (broad SMARTS) is 1. The third kappa shape index (κ3) is 9.35. The standard InChI is InChI=1S/C29H40N4O5S/c1-19(28(36)30-18-39-16-10-4-5-15-27(34)35)31-21(3)32-29(37)20(2)33-38-17-26-24-13-8-6-11-22(24)23-12-7-9-14-25(23)26/h6-9,11-14,19-21,26,31,33H,4-5,10,15-18H2,1-3H3,(H,30,36)(H,32,37)(H,34,35). The van der Waals surface area contributed by atoms with Crippen LogP contribution >= 0.6 is 11.8 Å². The van der Waals surface area contributed by atoms with Crippen molar-refractivity contribution in [3.63, 3.8) is 0 Å². The van der Waals surface area contributed by atoms with Crippen LogP contribution in [0.2, 0.25) is 0 Å². The number of hydroxylamine groups is 1. The third-order valence-corrected chi connectivity index (χ3v) is 7.57. The number of benzene rings is 2. The highest BCUT2D eigenvalue weighted by Crippen LogP contribution is 2.44. The zero-order valence-corrected chi connectivity index (χ0v) is 23.7. The van der Waals surface area contributed by atoms with Crippen LogP contribution in [0, 0.1) is 0 Å². The number of carbonyl (C=O) groups is 3. The maximum absolute atomic E-state index is 12.7. The SMILES string of the molecule is CC(NC(=O)C(C)NOCC1c2ccccc2-c2ccccc21)NC(C)C(=O)NCSCCCCCC(=O)O. The zero-order valence-electron chi connectivity index (χ0n) is 22.9. The minimum atomic E-state index is -0.766. The van der Waals surface area contributed by atoms with Crippen molar-refractivity contribution in [2.75, 3.05) is 18.2 Å². The molecule has 2 aromatic carbocycles. The van der Waals surface area contributed by atoms with E-state index in [-0.39, 0.29) is 24.2 Å². The van der Waals surface area contributed by atoms with Gasteiger partial charge in [0, 0.05) is 12.3 Å². The fourth-order valence-corrected chi connectivity index (χ4v) is 5.38. The Bertz CT molecular complexity index is 1070. The smallest absolute Gasteiger partial charge is 0.303 e. The van der Waals surface area contributed by atoms with Gasteiger partial charge in [-0.1, -0.05) is 55.0 Å². The van der Waals surface area contributed by atoms with Gasteiger partial charge in [-0.15, -0.1) is 11.8 Å². The molecule has 0 radical (unpaired) electrons. The first kappa shape index (κ1) is 30.6. The quantitative estimate of drug-likeness (QED) is 0.114. The second-order valence-electron chi connectivity index (χ2n) is 9.79. The van der Waals surface area contributed by atoms with E-state index in [0.29, 0.717) is 18.9 Å². The number of carbonyl (C=O) groups excluding carboxylic acids is 2. The van der Waals surface area contributed by atoms with Gasteiger partial charge >= 0.3 is 5.97 Å². The van der Waals surface area contributed by atoms with Crippen molar-refractivity contribution in [1.29, 1.82) is 0 Å². The molecule has 3 rings (SSSR count). The van der Waals surface area contributed by atoms with E-state index >= 15 is 0 Å². The van der Waals surface area contributed by atoms with Crippen molar-refractivity contribution in [2.45, 2.75) is 70.6 Å². The number of amides is 2. The summed E-state index contributed by atoms with van der Waals surface area (Å²) in [6.45, 7) is 5.66. The molecular weight excluding hydrogens is 516 g/mol. The van der Waals surface area contributed by atoms with Crippen molar-refractivity contribution >= 4 is 29.5 Å². The van der Waals surface area contributed by atoms with E-state index < -0.39 is 24.2 Å². The van der Waals surface area contributed by atoms with E-state index in [4.69, 9.17) is 9.94 Å². The van der Waals surface area contributed by atoms with Crippen LogP contribution < -0.4 is 21.4 Å². The number of hydrogen-bond donors (Lipinski definition) is 5. The van der Waals surface area contributed by atoms with E-state index in [1.807, 2.05) is 24.3 Å². The Balaban J connectivity index is 1.32. The zero-order chi connectivity index (χ0) is 28.2. The molecule has 9 nitrogen and oxygen atoms in total. The molecule has 39 heavy (non-hydrogen) atoms. The summed E-state index contributed by atoms with van der Waals surface area (Å²) in [6, 6.07) is 15.6. The van der Waals surface area contributed by atoms with E-state index in [1.165, 1.54) is 22.3 Å². The lowest BCUT2D eigenvalue weighted by Crippen LogP contribution is -2.55. The van der Waals surface area contributed by atoms with Crippen LogP contribution in [0.3, 0.4) is 0 Å². The lowest BCUT2D eigenvalue weighted by atomic mass is 9.98. The molecule has 0 saturated carbocycles. The Morgan fingerprint density at radius 3 is 2.18 bits per heavy atom.